The molecule has 98 valence electrons. The zero-order chi connectivity index (χ0) is 12.2. The molecule has 2 aliphatic rings. The number of rotatable bonds is 3. The van der Waals surface area contributed by atoms with Crippen molar-refractivity contribution in [3.63, 3.8) is 0 Å². The van der Waals surface area contributed by atoms with E-state index in [1.807, 2.05) is 0 Å². The van der Waals surface area contributed by atoms with Crippen molar-refractivity contribution in [2.75, 3.05) is 19.7 Å². The van der Waals surface area contributed by atoms with Gasteiger partial charge in [0.25, 0.3) is 0 Å². The minimum absolute atomic E-state index is 0.529. The van der Waals surface area contributed by atoms with Gasteiger partial charge in [0.05, 0.1) is 6.10 Å². The van der Waals surface area contributed by atoms with E-state index in [1.165, 1.54) is 31.2 Å². The van der Waals surface area contributed by atoms with Crippen LogP contribution >= 0.6 is 0 Å². The lowest BCUT2D eigenvalue weighted by atomic mass is 9.78. The molecule has 0 saturated carbocycles. The molecule has 0 aromatic heterocycles. The van der Waals surface area contributed by atoms with Crippen molar-refractivity contribution in [1.82, 2.24) is 5.32 Å². The smallest absolute Gasteiger partial charge is 0.0607 e. The van der Waals surface area contributed by atoms with Crippen LogP contribution in [0, 0.1) is 11.8 Å². The highest BCUT2D eigenvalue weighted by atomic mass is 16.5. The van der Waals surface area contributed by atoms with E-state index in [9.17, 15) is 0 Å². The van der Waals surface area contributed by atoms with Gasteiger partial charge in [0.2, 0.25) is 0 Å². The molecule has 1 aromatic carbocycles. The number of ether oxygens (including phenoxy) is 1. The van der Waals surface area contributed by atoms with Crippen LogP contribution in [0.3, 0.4) is 0 Å². The van der Waals surface area contributed by atoms with E-state index >= 15 is 0 Å². The van der Waals surface area contributed by atoms with Gasteiger partial charge in [-0.2, -0.15) is 0 Å². The molecule has 3 unspecified atom stereocenters. The maximum Gasteiger partial charge on any atom is 0.0607 e. The fraction of sp³-hybridized carbons (Fsp3) is 0.625. The molecular weight excluding hydrogens is 222 g/mol. The minimum Gasteiger partial charge on any atom is -0.378 e. The van der Waals surface area contributed by atoms with Crippen molar-refractivity contribution in [3.8, 4) is 0 Å². The van der Waals surface area contributed by atoms with Gasteiger partial charge >= 0.3 is 0 Å². The van der Waals surface area contributed by atoms with Gasteiger partial charge in [0, 0.05) is 6.61 Å². The van der Waals surface area contributed by atoms with E-state index in [1.54, 1.807) is 0 Å². The molecule has 1 aromatic rings. The van der Waals surface area contributed by atoms with Crippen molar-refractivity contribution in [1.29, 1.82) is 0 Å². The van der Waals surface area contributed by atoms with Crippen molar-refractivity contribution >= 4 is 0 Å². The molecule has 2 heterocycles. The van der Waals surface area contributed by atoms with Gasteiger partial charge in [-0.25, -0.2) is 0 Å². The van der Waals surface area contributed by atoms with Gasteiger partial charge in [-0.1, -0.05) is 30.3 Å². The monoisotopic (exact) mass is 245 g/mol. The lowest BCUT2D eigenvalue weighted by molar-refractivity contribution is 0.0249. The van der Waals surface area contributed by atoms with Crippen LogP contribution in [-0.2, 0) is 11.2 Å². The fourth-order valence-electron chi connectivity index (χ4n) is 3.51. The van der Waals surface area contributed by atoms with Crippen molar-refractivity contribution in [3.05, 3.63) is 35.9 Å². The normalized spacial score (nSPS) is 32.6. The van der Waals surface area contributed by atoms with Gasteiger partial charge in [-0.05, 0) is 56.2 Å². The summed E-state index contributed by atoms with van der Waals surface area (Å²) < 4.78 is 5.93. The van der Waals surface area contributed by atoms with Crippen LogP contribution in [0.25, 0.3) is 0 Å². The molecule has 0 bridgehead atoms. The van der Waals surface area contributed by atoms with Crippen molar-refractivity contribution in [2.45, 2.75) is 31.8 Å². The maximum absolute atomic E-state index is 5.93. The summed E-state index contributed by atoms with van der Waals surface area (Å²) in [6.07, 6.45) is 5.53. The van der Waals surface area contributed by atoms with E-state index in [0.717, 1.165) is 31.5 Å². The van der Waals surface area contributed by atoms with Crippen molar-refractivity contribution in [2.24, 2.45) is 11.8 Å². The molecule has 3 rings (SSSR count). The SMILES string of the molecule is c1ccc(CC2CNCCC2C2CCCO2)cc1. The van der Waals surface area contributed by atoms with E-state index in [0.29, 0.717) is 6.10 Å². The first-order valence-electron chi connectivity index (χ1n) is 7.30. The molecule has 3 atom stereocenters. The molecule has 2 heteroatoms. The van der Waals surface area contributed by atoms with E-state index in [2.05, 4.69) is 35.6 Å². The number of hydrogen-bond acceptors (Lipinski definition) is 2. The van der Waals surface area contributed by atoms with Crippen LogP contribution in [-0.4, -0.2) is 25.8 Å². The van der Waals surface area contributed by atoms with Gasteiger partial charge < -0.3 is 10.1 Å². The summed E-state index contributed by atoms with van der Waals surface area (Å²) in [5.74, 6) is 1.50. The molecule has 2 aliphatic heterocycles. The lowest BCUT2D eigenvalue weighted by Crippen LogP contribution is -2.42. The number of piperidine rings is 1. The molecule has 2 fully saturated rings. The number of hydrogen-bond donors (Lipinski definition) is 1. The second kappa shape index (κ2) is 5.85. The fourth-order valence-corrected chi connectivity index (χ4v) is 3.51. The predicted octanol–water partition coefficient (Wildman–Crippen LogP) is 2.63. The highest BCUT2D eigenvalue weighted by molar-refractivity contribution is 5.15. The Morgan fingerprint density at radius 1 is 1.17 bits per heavy atom. The standard InChI is InChI=1S/C16H23NO/c1-2-5-13(6-3-1)11-14-12-17-9-8-15(14)16-7-4-10-18-16/h1-3,5-6,14-17H,4,7-12H2. The first kappa shape index (κ1) is 12.2. The Morgan fingerprint density at radius 3 is 2.83 bits per heavy atom. The first-order valence-corrected chi connectivity index (χ1v) is 7.30. The van der Waals surface area contributed by atoms with Gasteiger partial charge in [0.1, 0.15) is 0 Å². The Kier molecular flexibility index (Phi) is 3.96. The summed E-state index contributed by atoms with van der Waals surface area (Å²) >= 11 is 0. The summed E-state index contributed by atoms with van der Waals surface area (Å²) in [6, 6.07) is 10.9. The maximum atomic E-state index is 5.93. The molecule has 0 radical (unpaired) electrons. The summed E-state index contributed by atoms with van der Waals surface area (Å²) in [5, 5.41) is 3.55. The molecule has 2 nitrogen and oxygen atoms in total. The highest BCUT2D eigenvalue weighted by Gasteiger charge is 2.34. The summed E-state index contributed by atoms with van der Waals surface area (Å²) in [5.41, 5.74) is 1.47. The summed E-state index contributed by atoms with van der Waals surface area (Å²) in [4.78, 5) is 0. The third-order valence-corrected chi connectivity index (χ3v) is 4.45. The summed E-state index contributed by atoms with van der Waals surface area (Å²) in [7, 11) is 0. The Hall–Kier alpha value is -0.860. The molecule has 1 N–H and O–H groups in total. The zero-order valence-electron chi connectivity index (χ0n) is 11.0. The zero-order valence-corrected chi connectivity index (χ0v) is 11.0. The molecule has 18 heavy (non-hydrogen) atoms. The predicted molar refractivity (Wildman–Crippen MR) is 73.6 cm³/mol. The minimum atomic E-state index is 0.529. The Morgan fingerprint density at radius 2 is 2.06 bits per heavy atom. The van der Waals surface area contributed by atoms with Crippen LogP contribution < -0.4 is 5.32 Å². The van der Waals surface area contributed by atoms with E-state index < -0.39 is 0 Å². The Labute approximate surface area is 110 Å². The third kappa shape index (κ3) is 2.76. The van der Waals surface area contributed by atoms with Crippen LogP contribution in [0.4, 0.5) is 0 Å². The quantitative estimate of drug-likeness (QED) is 0.884. The molecule has 0 amide bonds. The van der Waals surface area contributed by atoms with Crippen molar-refractivity contribution < 1.29 is 4.74 Å². The summed E-state index contributed by atoms with van der Waals surface area (Å²) in [6.45, 7) is 3.29. The van der Waals surface area contributed by atoms with Gasteiger partial charge in [-0.15, -0.1) is 0 Å². The van der Waals surface area contributed by atoms with Gasteiger partial charge in [-0.3, -0.25) is 0 Å². The van der Waals surface area contributed by atoms with Gasteiger partial charge in [0.15, 0.2) is 0 Å². The third-order valence-electron chi connectivity index (χ3n) is 4.45. The molecule has 2 saturated heterocycles. The van der Waals surface area contributed by atoms with E-state index in [-0.39, 0.29) is 0 Å². The molecule has 0 aliphatic carbocycles. The number of benzene rings is 1. The highest BCUT2D eigenvalue weighted by Crippen LogP contribution is 2.32. The molecular formula is C16H23NO. The van der Waals surface area contributed by atoms with E-state index in [4.69, 9.17) is 4.74 Å². The second-order valence-electron chi connectivity index (χ2n) is 5.66. The van der Waals surface area contributed by atoms with Crippen LogP contribution in [0.5, 0.6) is 0 Å². The number of nitrogens with one attached hydrogen (secondary N) is 1. The molecule has 0 spiro atoms. The second-order valence-corrected chi connectivity index (χ2v) is 5.66. The van der Waals surface area contributed by atoms with Crippen LogP contribution in [0.15, 0.2) is 30.3 Å². The Bertz CT molecular complexity index is 359. The lowest BCUT2D eigenvalue weighted by Gasteiger charge is -2.35. The topological polar surface area (TPSA) is 21.3 Å². The average Bonchev–Trinajstić information content (AvgIpc) is 2.94. The first-order chi connectivity index (χ1) is 8.93. The largest absolute Gasteiger partial charge is 0.378 e. The Balaban J connectivity index is 1.67. The average molecular weight is 245 g/mol. The van der Waals surface area contributed by atoms with Crippen LogP contribution in [0.1, 0.15) is 24.8 Å². The van der Waals surface area contributed by atoms with Crippen LogP contribution in [0.2, 0.25) is 0 Å².